The van der Waals surface area contributed by atoms with Crippen molar-refractivity contribution in [2.24, 2.45) is 5.92 Å². The van der Waals surface area contributed by atoms with Gasteiger partial charge in [0.05, 0.1) is 7.11 Å². The van der Waals surface area contributed by atoms with E-state index in [9.17, 15) is 9.59 Å². The van der Waals surface area contributed by atoms with Gasteiger partial charge in [-0.25, -0.2) is 9.86 Å². The lowest BCUT2D eigenvalue weighted by molar-refractivity contribution is -0.167. The Morgan fingerprint density at radius 2 is 2.00 bits per heavy atom. The molecule has 0 aromatic heterocycles. The standard InChI is InChI=1S/C9H18N2O4.C6H13N/c1-9(2,3)15-8(13)10-6-7(12)11(4)14-5;1-6-3-2-4-7-5-6/h6H2,1-5H3,(H,10,13);6-7H,2-5H2,1H3. The monoisotopic (exact) mass is 317 g/mol. The molecule has 0 spiro atoms. The van der Waals surface area contributed by atoms with E-state index in [-0.39, 0.29) is 12.5 Å². The zero-order valence-corrected chi connectivity index (χ0v) is 14.7. The molecule has 0 saturated carbocycles. The first-order chi connectivity index (χ1) is 10.2. The fourth-order valence-electron chi connectivity index (χ4n) is 1.70. The number of nitrogens with zero attached hydrogens (tertiary/aromatic N) is 1. The molecule has 2 N–H and O–H groups in total. The van der Waals surface area contributed by atoms with Crippen molar-refractivity contribution >= 4 is 12.0 Å². The predicted octanol–water partition coefficient (Wildman–Crippen LogP) is 1.54. The van der Waals surface area contributed by atoms with E-state index in [1.807, 2.05) is 0 Å². The van der Waals surface area contributed by atoms with Crippen LogP contribution < -0.4 is 10.6 Å². The third kappa shape index (κ3) is 11.3. The second-order valence-electron chi connectivity index (χ2n) is 6.38. The zero-order chi connectivity index (χ0) is 17.2. The highest BCUT2D eigenvalue weighted by Crippen LogP contribution is 2.07. The van der Waals surface area contributed by atoms with Crippen molar-refractivity contribution in [3.63, 3.8) is 0 Å². The van der Waals surface area contributed by atoms with Crippen LogP contribution in [0.3, 0.4) is 0 Å². The molecular formula is C15H31N3O4. The number of alkyl carbamates (subject to hydrolysis) is 1. The van der Waals surface area contributed by atoms with Crippen molar-refractivity contribution in [3.8, 4) is 0 Å². The number of ether oxygens (including phenoxy) is 1. The predicted molar refractivity (Wildman–Crippen MR) is 85.3 cm³/mol. The van der Waals surface area contributed by atoms with E-state index in [1.165, 1.54) is 40.1 Å². The summed E-state index contributed by atoms with van der Waals surface area (Å²) in [5.41, 5.74) is -0.569. The Hall–Kier alpha value is -1.34. The number of piperidine rings is 1. The molecule has 1 saturated heterocycles. The minimum Gasteiger partial charge on any atom is -0.444 e. The minimum atomic E-state index is -0.625. The molecule has 22 heavy (non-hydrogen) atoms. The van der Waals surface area contributed by atoms with Crippen LogP contribution in [-0.4, -0.2) is 56.5 Å². The summed E-state index contributed by atoms with van der Waals surface area (Å²) in [6, 6.07) is 0. The van der Waals surface area contributed by atoms with Crippen LogP contribution in [0.25, 0.3) is 0 Å². The molecule has 1 aliphatic heterocycles. The number of hydroxylamine groups is 2. The van der Waals surface area contributed by atoms with Crippen molar-refractivity contribution in [1.82, 2.24) is 15.7 Å². The molecule has 1 aliphatic rings. The van der Waals surface area contributed by atoms with Crippen LogP contribution in [0.2, 0.25) is 0 Å². The highest BCUT2D eigenvalue weighted by molar-refractivity contribution is 5.81. The molecule has 130 valence electrons. The average Bonchev–Trinajstić information content (AvgIpc) is 2.43. The average molecular weight is 317 g/mol. The maximum atomic E-state index is 11.2. The van der Waals surface area contributed by atoms with Gasteiger partial charge in [-0.3, -0.25) is 9.63 Å². The van der Waals surface area contributed by atoms with E-state index in [0.717, 1.165) is 11.0 Å². The van der Waals surface area contributed by atoms with Gasteiger partial charge >= 0.3 is 6.09 Å². The fraction of sp³-hybridized carbons (Fsp3) is 0.867. The highest BCUT2D eigenvalue weighted by Gasteiger charge is 2.17. The molecule has 0 bridgehead atoms. The molecule has 1 rings (SSSR count). The van der Waals surface area contributed by atoms with Crippen LogP contribution in [0.5, 0.6) is 0 Å². The molecule has 2 amide bonds. The van der Waals surface area contributed by atoms with Gasteiger partial charge in [0.2, 0.25) is 0 Å². The van der Waals surface area contributed by atoms with Crippen LogP contribution in [0.1, 0.15) is 40.5 Å². The topological polar surface area (TPSA) is 79.9 Å². The first-order valence-corrected chi connectivity index (χ1v) is 7.64. The van der Waals surface area contributed by atoms with Gasteiger partial charge in [0.25, 0.3) is 5.91 Å². The fourth-order valence-corrected chi connectivity index (χ4v) is 1.70. The molecule has 0 aromatic carbocycles. The molecule has 1 heterocycles. The maximum absolute atomic E-state index is 11.2. The summed E-state index contributed by atoms with van der Waals surface area (Å²) in [5, 5.41) is 6.68. The van der Waals surface area contributed by atoms with Crippen molar-refractivity contribution in [2.45, 2.75) is 46.1 Å². The number of amides is 2. The number of hydrogen-bond acceptors (Lipinski definition) is 5. The molecule has 1 atom stereocenters. The van der Waals surface area contributed by atoms with Crippen molar-refractivity contribution in [3.05, 3.63) is 0 Å². The van der Waals surface area contributed by atoms with E-state index in [4.69, 9.17) is 4.74 Å². The van der Waals surface area contributed by atoms with E-state index < -0.39 is 11.7 Å². The van der Waals surface area contributed by atoms with Crippen LogP contribution in [-0.2, 0) is 14.4 Å². The van der Waals surface area contributed by atoms with Crippen molar-refractivity contribution < 1.29 is 19.2 Å². The van der Waals surface area contributed by atoms with Crippen molar-refractivity contribution in [2.75, 3.05) is 33.8 Å². The molecule has 7 heteroatoms. The summed E-state index contributed by atoms with van der Waals surface area (Å²) >= 11 is 0. The quantitative estimate of drug-likeness (QED) is 0.772. The van der Waals surface area contributed by atoms with E-state index in [0.29, 0.717) is 0 Å². The highest BCUT2D eigenvalue weighted by atomic mass is 16.7. The summed E-state index contributed by atoms with van der Waals surface area (Å²) in [7, 11) is 2.82. The second kappa shape index (κ2) is 10.4. The Labute approximate surface area is 133 Å². The Balaban J connectivity index is 0.000000518. The Kier molecular flexibility index (Phi) is 9.76. The lowest BCUT2D eigenvalue weighted by Crippen LogP contribution is -2.40. The molecule has 0 aliphatic carbocycles. The second-order valence-corrected chi connectivity index (χ2v) is 6.38. The zero-order valence-electron chi connectivity index (χ0n) is 14.7. The smallest absolute Gasteiger partial charge is 0.408 e. The third-order valence-corrected chi connectivity index (χ3v) is 2.95. The molecular weight excluding hydrogens is 286 g/mol. The SMILES string of the molecule is CC1CCCNC1.CON(C)C(=O)CNC(=O)OC(C)(C)C. The van der Waals surface area contributed by atoms with Crippen LogP contribution >= 0.6 is 0 Å². The summed E-state index contributed by atoms with van der Waals surface area (Å²) in [4.78, 5) is 26.9. The van der Waals surface area contributed by atoms with Gasteiger partial charge in [0.15, 0.2) is 0 Å². The lowest BCUT2D eigenvalue weighted by atomic mass is 10.0. The molecule has 1 unspecified atom stereocenters. The number of carbonyl (C=O) groups is 2. The summed E-state index contributed by atoms with van der Waals surface area (Å²) in [5.74, 6) is 0.567. The van der Waals surface area contributed by atoms with Gasteiger partial charge in [-0.2, -0.15) is 0 Å². The normalized spacial score (nSPS) is 17.8. The Morgan fingerprint density at radius 1 is 1.36 bits per heavy atom. The summed E-state index contributed by atoms with van der Waals surface area (Å²) < 4.78 is 4.94. The maximum Gasteiger partial charge on any atom is 0.408 e. The first kappa shape index (κ1) is 20.7. The van der Waals surface area contributed by atoms with Crippen LogP contribution in [0.15, 0.2) is 0 Å². The summed E-state index contributed by atoms with van der Waals surface area (Å²) in [6.45, 7) is 9.86. The van der Waals surface area contributed by atoms with Gasteiger partial charge in [-0.05, 0) is 52.6 Å². The Morgan fingerprint density at radius 3 is 2.36 bits per heavy atom. The lowest BCUT2D eigenvalue weighted by Gasteiger charge is -2.20. The van der Waals surface area contributed by atoms with Crippen LogP contribution in [0, 0.1) is 5.92 Å². The first-order valence-electron chi connectivity index (χ1n) is 7.64. The molecule has 0 radical (unpaired) electrons. The van der Waals surface area contributed by atoms with E-state index in [2.05, 4.69) is 22.4 Å². The number of rotatable bonds is 3. The van der Waals surface area contributed by atoms with Crippen molar-refractivity contribution in [1.29, 1.82) is 0 Å². The minimum absolute atomic E-state index is 0.154. The van der Waals surface area contributed by atoms with Gasteiger partial charge in [-0.15, -0.1) is 0 Å². The van der Waals surface area contributed by atoms with E-state index in [1.54, 1.807) is 20.8 Å². The number of carbonyl (C=O) groups excluding carboxylic acids is 2. The van der Waals surface area contributed by atoms with E-state index >= 15 is 0 Å². The number of hydrogen-bond donors (Lipinski definition) is 2. The Bertz CT molecular complexity index is 336. The largest absolute Gasteiger partial charge is 0.444 e. The molecule has 0 aromatic rings. The molecule has 7 nitrogen and oxygen atoms in total. The van der Waals surface area contributed by atoms with Gasteiger partial charge in [0.1, 0.15) is 12.1 Å². The van der Waals surface area contributed by atoms with Crippen LogP contribution in [0.4, 0.5) is 4.79 Å². The number of nitrogens with one attached hydrogen (secondary N) is 2. The third-order valence-electron chi connectivity index (χ3n) is 2.95. The van der Waals surface area contributed by atoms with Gasteiger partial charge < -0.3 is 15.4 Å². The van der Waals surface area contributed by atoms with Gasteiger partial charge in [0, 0.05) is 7.05 Å². The number of likely N-dealkylation sites (N-methyl/N-ethyl adjacent to an activating group) is 1. The van der Waals surface area contributed by atoms with Gasteiger partial charge in [-0.1, -0.05) is 6.92 Å². The summed E-state index contributed by atoms with van der Waals surface area (Å²) in [6.07, 6.45) is 2.18. The molecule has 1 fully saturated rings.